The Labute approximate surface area is 106 Å². The predicted molar refractivity (Wildman–Crippen MR) is 66.8 cm³/mol. The van der Waals surface area contributed by atoms with Gasteiger partial charge in [-0.3, -0.25) is 4.79 Å². The maximum Gasteiger partial charge on any atom is 0.341 e. The number of aliphatic carboxylic acids is 1. The lowest BCUT2D eigenvalue weighted by Crippen LogP contribution is -2.31. The van der Waals surface area contributed by atoms with Gasteiger partial charge in [0.1, 0.15) is 5.75 Å². The monoisotopic (exact) mass is 251 g/mol. The molecule has 1 atom stereocenters. The van der Waals surface area contributed by atoms with Crippen LogP contribution in [0.25, 0.3) is 0 Å². The van der Waals surface area contributed by atoms with E-state index >= 15 is 0 Å². The molecule has 2 N–H and O–H groups in total. The van der Waals surface area contributed by atoms with Crippen molar-refractivity contribution in [1.29, 1.82) is 0 Å². The molecule has 0 saturated heterocycles. The summed E-state index contributed by atoms with van der Waals surface area (Å²) < 4.78 is 4.97. The van der Waals surface area contributed by atoms with Gasteiger partial charge in [-0.1, -0.05) is 6.92 Å². The summed E-state index contributed by atoms with van der Waals surface area (Å²) in [7, 11) is 0. The van der Waals surface area contributed by atoms with Crippen molar-refractivity contribution in [3.8, 4) is 5.75 Å². The maximum absolute atomic E-state index is 11.7. The van der Waals surface area contributed by atoms with E-state index in [1.54, 1.807) is 24.3 Å². The molecule has 5 nitrogen and oxygen atoms in total. The first kappa shape index (κ1) is 14.0. The Kier molecular flexibility index (Phi) is 5.17. The lowest BCUT2D eigenvalue weighted by molar-refractivity contribution is -0.139. The molecule has 1 rings (SSSR count). The molecule has 0 aliphatic heterocycles. The van der Waals surface area contributed by atoms with E-state index < -0.39 is 12.6 Å². The Morgan fingerprint density at radius 3 is 2.44 bits per heavy atom. The van der Waals surface area contributed by atoms with Gasteiger partial charge in [-0.25, -0.2) is 4.79 Å². The van der Waals surface area contributed by atoms with Gasteiger partial charge < -0.3 is 15.2 Å². The number of benzene rings is 1. The van der Waals surface area contributed by atoms with E-state index in [9.17, 15) is 9.59 Å². The number of nitrogens with one attached hydrogen (secondary N) is 1. The molecule has 18 heavy (non-hydrogen) atoms. The molecule has 1 aromatic carbocycles. The zero-order chi connectivity index (χ0) is 13.5. The molecule has 98 valence electrons. The minimum absolute atomic E-state index is 0.125. The molecule has 0 spiro atoms. The van der Waals surface area contributed by atoms with Gasteiger partial charge in [-0.2, -0.15) is 0 Å². The van der Waals surface area contributed by atoms with Crippen molar-refractivity contribution >= 4 is 11.9 Å². The molecular formula is C13H17NO4. The summed E-state index contributed by atoms with van der Waals surface area (Å²) in [5.74, 6) is -0.750. The van der Waals surface area contributed by atoms with Crippen molar-refractivity contribution in [3.05, 3.63) is 29.8 Å². The van der Waals surface area contributed by atoms with Crippen LogP contribution in [0, 0.1) is 0 Å². The van der Waals surface area contributed by atoms with Crippen molar-refractivity contribution in [2.45, 2.75) is 26.3 Å². The molecule has 1 unspecified atom stereocenters. The summed E-state index contributed by atoms with van der Waals surface area (Å²) in [6.45, 7) is 3.54. The van der Waals surface area contributed by atoms with Gasteiger partial charge in [0.25, 0.3) is 5.91 Å². The number of carbonyl (C=O) groups is 2. The average Bonchev–Trinajstić information content (AvgIpc) is 2.36. The van der Waals surface area contributed by atoms with Crippen molar-refractivity contribution in [1.82, 2.24) is 5.32 Å². The smallest absolute Gasteiger partial charge is 0.341 e. The molecule has 0 aromatic heterocycles. The van der Waals surface area contributed by atoms with Gasteiger partial charge in [0.05, 0.1) is 0 Å². The van der Waals surface area contributed by atoms with E-state index in [1.165, 1.54) is 0 Å². The highest BCUT2D eigenvalue weighted by atomic mass is 16.5. The van der Waals surface area contributed by atoms with E-state index in [0.717, 1.165) is 6.42 Å². The summed E-state index contributed by atoms with van der Waals surface area (Å²) in [4.78, 5) is 22.1. The van der Waals surface area contributed by atoms with Crippen LogP contribution in [0.4, 0.5) is 0 Å². The molecule has 1 aromatic rings. The summed E-state index contributed by atoms with van der Waals surface area (Å²) in [6.07, 6.45) is 0.867. The van der Waals surface area contributed by atoms with Crippen molar-refractivity contribution in [2.75, 3.05) is 6.61 Å². The van der Waals surface area contributed by atoms with Crippen LogP contribution in [0.2, 0.25) is 0 Å². The van der Waals surface area contributed by atoms with Crippen LogP contribution in [0.5, 0.6) is 5.75 Å². The lowest BCUT2D eigenvalue weighted by Gasteiger charge is -2.11. The van der Waals surface area contributed by atoms with Gasteiger partial charge in [0, 0.05) is 11.6 Å². The molecule has 1 amide bonds. The fourth-order valence-corrected chi connectivity index (χ4v) is 1.26. The van der Waals surface area contributed by atoms with E-state index in [4.69, 9.17) is 9.84 Å². The summed E-state index contributed by atoms with van der Waals surface area (Å²) in [5, 5.41) is 11.3. The highest BCUT2D eigenvalue weighted by Gasteiger charge is 2.08. The number of hydrogen-bond donors (Lipinski definition) is 2. The molecule has 0 fully saturated rings. The zero-order valence-corrected chi connectivity index (χ0v) is 10.5. The SMILES string of the molecule is CCC(C)NC(=O)c1ccc(OCC(=O)O)cc1. The average molecular weight is 251 g/mol. The fraction of sp³-hybridized carbons (Fsp3) is 0.385. The molecule has 0 heterocycles. The van der Waals surface area contributed by atoms with Crippen molar-refractivity contribution in [3.63, 3.8) is 0 Å². The standard InChI is InChI=1S/C13H17NO4/c1-3-9(2)14-13(17)10-4-6-11(7-5-10)18-8-12(15)16/h4-7,9H,3,8H2,1-2H3,(H,14,17)(H,15,16). The van der Waals surface area contributed by atoms with Crippen LogP contribution in [0.1, 0.15) is 30.6 Å². The lowest BCUT2D eigenvalue weighted by atomic mass is 10.2. The van der Waals surface area contributed by atoms with E-state index in [2.05, 4.69) is 5.32 Å². The summed E-state index contributed by atoms with van der Waals surface area (Å²) >= 11 is 0. The molecule has 0 aliphatic carbocycles. The topological polar surface area (TPSA) is 75.6 Å². The zero-order valence-electron chi connectivity index (χ0n) is 10.5. The molecular weight excluding hydrogens is 234 g/mol. The first-order valence-electron chi connectivity index (χ1n) is 5.78. The molecule has 0 saturated carbocycles. The number of ether oxygens (including phenoxy) is 1. The number of hydrogen-bond acceptors (Lipinski definition) is 3. The van der Waals surface area contributed by atoms with E-state index in [1.807, 2.05) is 13.8 Å². The Balaban J connectivity index is 2.59. The summed E-state index contributed by atoms with van der Waals surface area (Å²) in [6, 6.07) is 6.49. The minimum atomic E-state index is -1.03. The number of carboxylic acids is 1. The number of carboxylic acid groups (broad SMARTS) is 1. The van der Waals surface area contributed by atoms with Gasteiger partial charge in [0.2, 0.25) is 0 Å². The molecule has 0 aliphatic rings. The van der Waals surface area contributed by atoms with Crippen LogP contribution in [0.3, 0.4) is 0 Å². The maximum atomic E-state index is 11.7. The van der Waals surface area contributed by atoms with Crippen LogP contribution in [-0.4, -0.2) is 29.6 Å². The van der Waals surface area contributed by atoms with E-state index in [-0.39, 0.29) is 11.9 Å². The first-order valence-corrected chi connectivity index (χ1v) is 5.78. The minimum Gasteiger partial charge on any atom is -0.482 e. The molecule has 0 bridgehead atoms. The van der Waals surface area contributed by atoms with Crippen LogP contribution < -0.4 is 10.1 Å². The number of rotatable bonds is 6. The quantitative estimate of drug-likeness (QED) is 0.806. The number of carbonyl (C=O) groups excluding carboxylic acids is 1. The third-order valence-corrected chi connectivity index (χ3v) is 2.47. The second kappa shape index (κ2) is 6.64. The fourth-order valence-electron chi connectivity index (χ4n) is 1.26. The Morgan fingerprint density at radius 1 is 1.33 bits per heavy atom. The van der Waals surface area contributed by atoms with Gasteiger partial charge in [0.15, 0.2) is 6.61 Å². The van der Waals surface area contributed by atoms with Crippen molar-refractivity contribution in [2.24, 2.45) is 0 Å². The Hall–Kier alpha value is -2.04. The van der Waals surface area contributed by atoms with Crippen LogP contribution in [0.15, 0.2) is 24.3 Å². The third-order valence-electron chi connectivity index (χ3n) is 2.47. The van der Waals surface area contributed by atoms with Crippen molar-refractivity contribution < 1.29 is 19.4 Å². The molecule has 0 radical (unpaired) electrons. The second-order valence-corrected chi connectivity index (χ2v) is 3.99. The largest absolute Gasteiger partial charge is 0.482 e. The third kappa shape index (κ3) is 4.45. The Bertz CT molecular complexity index is 414. The van der Waals surface area contributed by atoms with Gasteiger partial charge in [-0.05, 0) is 37.6 Å². The van der Waals surface area contributed by atoms with E-state index in [0.29, 0.717) is 11.3 Å². The van der Waals surface area contributed by atoms with Gasteiger partial charge in [-0.15, -0.1) is 0 Å². The van der Waals surface area contributed by atoms with Gasteiger partial charge >= 0.3 is 5.97 Å². The highest BCUT2D eigenvalue weighted by Crippen LogP contribution is 2.12. The normalized spacial score (nSPS) is 11.7. The number of amides is 1. The predicted octanol–water partition coefficient (Wildman–Crippen LogP) is 1.68. The van der Waals surface area contributed by atoms with Crippen LogP contribution in [-0.2, 0) is 4.79 Å². The Morgan fingerprint density at radius 2 is 1.94 bits per heavy atom. The first-order chi connectivity index (χ1) is 8.52. The highest BCUT2D eigenvalue weighted by molar-refractivity contribution is 5.94. The van der Waals surface area contributed by atoms with Crippen LogP contribution >= 0.6 is 0 Å². The molecule has 5 heteroatoms. The summed E-state index contributed by atoms with van der Waals surface area (Å²) in [5.41, 5.74) is 0.526. The second-order valence-electron chi connectivity index (χ2n) is 3.99.